The second-order valence-electron chi connectivity index (χ2n) is 5.41. The topological polar surface area (TPSA) is 128 Å². The van der Waals surface area contributed by atoms with E-state index in [1.165, 1.54) is 36.4 Å². The van der Waals surface area contributed by atoms with E-state index in [1.807, 2.05) is 0 Å². The zero-order chi connectivity index (χ0) is 18.8. The van der Waals surface area contributed by atoms with Gasteiger partial charge in [-0.1, -0.05) is 0 Å². The first-order valence-corrected chi connectivity index (χ1v) is 8.98. The second kappa shape index (κ2) is 6.89. The van der Waals surface area contributed by atoms with Gasteiger partial charge in [-0.25, -0.2) is 12.8 Å². The number of nitrogens with two attached hydrogens (primary N) is 2. The molecular weight excluding hydrogens is 347 g/mol. The van der Waals surface area contributed by atoms with Crippen molar-refractivity contribution in [3.8, 4) is 0 Å². The van der Waals surface area contributed by atoms with Crippen molar-refractivity contribution in [3.05, 3.63) is 53.3 Å². The number of hydrogen-bond acceptors (Lipinski definition) is 4. The highest BCUT2D eigenvalue weighted by atomic mass is 32.2. The lowest BCUT2D eigenvalue weighted by Gasteiger charge is -2.14. The Kier molecular flexibility index (Phi) is 5.07. The molecule has 0 aliphatic heterocycles. The van der Waals surface area contributed by atoms with Crippen molar-refractivity contribution in [2.24, 2.45) is 16.5 Å². The van der Waals surface area contributed by atoms with E-state index in [9.17, 15) is 17.6 Å². The molecule has 7 nitrogen and oxygen atoms in total. The Balaban J connectivity index is 2.57. The fraction of sp³-hybridized carbons (Fsp3) is 0.125. The number of carbonyl (C=O) groups excluding carboxylic acids is 1. The van der Waals surface area contributed by atoms with Crippen molar-refractivity contribution >= 4 is 33.1 Å². The Morgan fingerprint density at radius 3 is 2.28 bits per heavy atom. The summed E-state index contributed by atoms with van der Waals surface area (Å²) < 4.78 is 37.2. The summed E-state index contributed by atoms with van der Waals surface area (Å²) in [6.45, 7) is 1.62. The third kappa shape index (κ3) is 4.54. The number of aryl methyl sites for hydroxylation is 1. The van der Waals surface area contributed by atoms with E-state index in [4.69, 9.17) is 11.5 Å². The molecule has 1 amide bonds. The van der Waals surface area contributed by atoms with Crippen LogP contribution in [-0.2, 0) is 9.84 Å². The minimum atomic E-state index is -3.66. The van der Waals surface area contributed by atoms with Gasteiger partial charge in [0.1, 0.15) is 5.82 Å². The maximum atomic E-state index is 13.0. The quantitative estimate of drug-likeness (QED) is 0.559. The number of nitrogens with one attached hydrogen (secondary N) is 1. The summed E-state index contributed by atoms with van der Waals surface area (Å²) in [5.74, 6) is -1.57. The van der Waals surface area contributed by atoms with Gasteiger partial charge in [-0.05, 0) is 48.9 Å². The predicted molar refractivity (Wildman–Crippen MR) is 94.1 cm³/mol. The van der Waals surface area contributed by atoms with Crippen molar-refractivity contribution in [1.82, 2.24) is 0 Å². The molecule has 0 heterocycles. The third-order valence-electron chi connectivity index (χ3n) is 3.31. The van der Waals surface area contributed by atoms with Gasteiger partial charge in [0.05, 0.1) is 10.6 Å². The van der Waals surface area contributed by atoms with E-state index in [-0.39, 0.29) is 16.1 Å². The van der Waals surface area contributed by atoms with Crippen LogP contribution in [0.15, 0.2) is 46.3 Å². The lowest BCUT2D eigenvalue weighted by atomic mass is 10.1. The number of aliphatic imine (C=N–C) groups is 1. The molecule has 9 heteroatoms. The minimum absolute atomic E-state index is 0.0680. The van der Waals surface area contributed by atoms with Gasteiger partial charge in [0.25, 0.3) is 5.91 Å². The van der Waals surface area contributed by atoms with Gasteiger partial charge in [-0.2, -0.15) is 4.99 Å². The number of carbonyl (C=O) groups is 1. The molecule has 5 N–H and O–H groups in total. The molecular formula is C16H17FN4O3S. The molecule has 0 bridgehead atoms. The highest BCUT2D eigenvalue weighted by Gasteiger charge is 2.19. The van der Waals surface area contributed by atoms with Crippen LogP contribution in [0.25, 0.3) is 0 Å². The average Bonchev–Trinajstić information content (AvgIpc) is 2.47. The summed E-state index contributed by atoms with van der Waals surface area (Å²) in [7, 11) is -3.66. The van der Waals surface area contributed by atoms with Crippen LogP contribution < -0.4 is 16.8 Å². The molecule has 0 aromatic heterocycles. The van der Waals surface area contributed by atoms with E-state index in [1.54, 1.807) is 6.92 Å². The lowest BCUT2D eigenvalue weighted by molar-refractivity contribution is 0.100. The van der Waals surface area contributed by atoms with Crippen LogP contribution in [0, 0.1) is 12.7 Å². The maximum absolute atomic E-state index is 13.0. The van der Waals surface area contributed by atoms with Crippen LogP contribution in [0.3, 0.4) is 0 Å². The van der Waals surface area contributed by atoms with Crippen LogP contribution in [0.5, 0.6) is 0 Å². The molecule has 2 aromatic carbocycles. The molecule has 0 aliphatic carbocycles. The molecule has 0 unspecified atom stereocenters. The molecule has 132 valence electrons. The molecule has 0 radical (unpaired) electrons. The zero-order valence-corrected chi connectivity index (χ0v) is 14.4. The van der Waals surface area contributed by atoms with Crippen molar-refractivity contribution in [1.29, 1.82) is 0 Å². The van der Waals surface area contributed by atoms with Gasteiger partial charge in [-0.3, -0.25) is 4.79 Å². The summed E-state index contributed by atoms with van der Waals surface area (Å²) in [6.07, 6.45) is 1.02. The Morgan fingerprint density at radius 1 is 1.16 bits per heavy atom. The SMILES string of the molecule is Cc1cc(Nc2ccc(F)cc2)c(S(C)(=O)=O)cc1C(=O)N=C(N)N. The number of amides is 1. The average molecular weight is 364 g/mol. The molecule has 0 fully saturated rings. The summed E-state index contributed by atoms with van der Waals surface area (Å²) in [5.41, 5.74) is 11.7. The smallest absolute Gasteiger partial charge is 0.280 e. The lowest BCUT2D eigenvalue weighted by Crippen LogP contribution is -2.24. The molecule has 0 aliphatic rings. The Morgan fingerprint density at radius 2 is 1.76 bits per heavy atom. The predicted octanol–water partition coefficient (Wildman–Crippen LogP) is 1.69. The highest BCUT2D eigenvalue weighted by molar-refractivity contribution is 7.90. The van der Waals surface area contributed by atoms with Crippen molar-refractivity contribution < 1.29 is 17.6 Å². The second-order valence-corrected chi connectivity index (χ2v) is 7.39. The number of anilines is 2. The standard InChI is InChI=1S/C16H17FN4O3S/c1-9-7-13(20-11-5-3-10(17)4-6-11)14(25(2,23)24)8-12(9)15(22)21-16(18)19/h3-8,20H,1-2H3,(H4,18,19,21,22). The molecule has 0 saturated heterocycles. The number of hydrogen-bond donors (Lipinski definition) is 3. The van der Waals surface area contributed by atoms with E-state index in [0.29, 0.717) is 11.3 Å². The van der Waals surface area contributed by atoms with E-state index >= 15 is 0 Å². The molecule has 0 spiro atoms. The Labute approximate surface area is 144 Å². The first-order valence-electron chi connectivity index (χ1n) is 7.09. The van der Waals surface area contributed by atoms with Gasteiger partial charge < -0.3 is 16.8 Å². The fourth-order valence-corrected chi connectivity index (χ4v) is 3.03. The maximum Gasteiger partial charge on any atom is 0.280 e. The molecule has 0 atom stereocenters. The number of benzene rings is 2. The zero-order valence-electron chi connectivity index (χ0n) is 13.6. The summed E-state index contributed by atoms with van der Waals surface area (Å²) >= 11 is 0. The number of rotatable bonds is 4. The molecule has 0 saturated carbocycles. The molecule has 2 aromatic rings. The van der Waals surface area contributed by atoms with E-state index in [0.717, 1.165) is 6.26 Å². The van der Waals surface area contributed by atoms with Crippen LogP contribution in [0.4, 0.5) is 15.8 Å². The molecule has 25 heavy (non-hydrogen) atoms. The summed E-state index contributed by atoms with van der Waals surface area (Å²) in [5, 5.41) is 2.91. The van der Waals surface area contributed by atoms with Gasteiger partial charge in [-0.15, -0.1) is 0 Å². The summed E-state index contributed by atoms with van der Waals surface area (Å²) in [4.78, 5) is 15.4. The Hall–Kier alpha value is -2.94. The number of guanidine groups is 1. The Bertz CT molecular complexity index is 950. The number of halogens is 1. The summed E-state index contributed by atoms with van der Waals surface area (Å²) in [6, 6.07) is 8.13. The first kappa shape index (κ1) is 18.4. The van der Waals surface area contributed by atoms with Crippen molar-refractivity contribution in [2.45, 2.75) is 11.8 Å². The van der Waals surface area contributed by atoms with Crippen LogP contribution in [-0.4, -0.2) is 26.5 Å². The van der Waals surface area contributed by atoms with Gasteiger partial charge in [0, 0.05) is 17.5 Å². The largest absolute Gasteiger partial charge is 0.370 e. The fourth-order valence-electron chi connectivity index (χ4n) is 2.19. The molecule has 2 rings (SSSR count). The van der Waals surface area contributed by atoms with Crippen LogP contribution in [0.2, 0.25) is 0 Å². The normalized spacial score (nSPS) is 11.0. The first-order chi connectivity index (χ1) is 11.6. The van der Waals surface area contributed by atoms with E-state index < -0.39 is 27.5 Å². The number of sulfone groups is 1. The monoisotopic (exact) mass is 364 g/mol. The van der Waals surface area contributed by atoms with Crippen molar-refractivity contribution in [2.75, 3.05) is 11.6 Å². The van der Waals surface area contributed by atoms with Gasteiger partial charge in [0.2, 0.25) is 0 Å². The van der Waals surface area contributed by atoms with Crippen molar-refractivity contribution in [3.63, 3.8) is 0 Å². The highest BCUT2D eigenvalue weighted by Crippen LogP contribution is 2.29. The minimum Gasteiger partial charge on any atom is -0.370 e. The van der Waals surface area contributed by atoms with Crippen LogP contribution in [0.1, 0.15) is 15.9 Å². The van der Waals surface area contributed by atoms with Crippen LogP contribution >= 0.6 is 0 Å². The van der Waals surface area contributed by atoms with E-state index in [2.05, 4.69) is 10.3 Å². The van der Waals surface area contributed by atoms with Gasteiger partial charge in [0.15, 0.2) is 15.8 Å². The van der Waals surface area contributed by atoms with Gasteiger partial charge >= 0.3 is 0 Å². The third-order valence-corrected chi connectivity index (χ3v) is 4.45. The number of nitrogens with zero attached hydrogens (tertiary/aromatic N) is 1.